The Balaban J connectivity index is 1.14. The van der Waals surface area contributed by atoms with E-state index in [4.69, 9.17) is 0 Å². The van der Waals surface area contributed by atoms with Crippen molar-refractivity contribution in [1.29, 1.82) is 0 Å². The van der Waals surface area contributed by atoms with E-state index >= 15 is 0 Å². The Morgan fingerprint density at radius 2 is 0.868 bits per heavy atom. The molecule has 6 saturated carbocycles. The molecule has 212 valence electrons. The topological polar surface area (TPSA) is 6.48 Å². The highest BCUT2D eigenvalue weighted by Gasteiger charge is 2.63. The summed E-state index contributed by atoms with van der Waals surface area (Å²) in [6, 6.07) is 3.59. The van der Waals surface area contributed by atoms with Crippen LogP contribution in [0.1, 0.15) is 104 Å². The molecular formula is C36H58N2. The van der Waals surface area contributed by atoms with Crippen molar-refractivity contribution in [3.05, 3.63) is 12.2 Å². The Labute approximate surface area is 234 Å². The van der Waals surface area contributed by atoms with Gasteiger partial charge in [-0.1, -0.05) is 51.7 Å². The van der Waals surface area contributed by atoms with E-state index in [0.717, 1.165) is 95.2 Å². The van der Waals surface area contributed by atoms with Gasteiger partial charge in [0.05, 0.1) is 0 Å². The van der Waals surface area contributed by atoms with Crippen molar-refractivity contribution in [2.45, 2.75) is 128 Å². The Hall–Kier alpha value is -0.340. The molecule has 8 fully saturated rings. The quantitative estimate of drug-likeness (QED) is 0.343. The van der Waals surface area contributed by atoms with Gasteiger partial charge in [-0.25, -0.2) is 0 Å². The zero-order chi connectivity index (χ0) is 25.7. The highest BCUT2D eigenvalue weighted by atomic mass is 15.2. The molecule has 0 aromatic carbocycles. The highest BCUT2D eigenvalue weighted by Crippen LogP contribution is 2.63. The summed E-state index contributed by atoms with van der Waals surface area (Å²) in [4.78, 5) is 5.95. The Morgan fingerprint density at radius 1 is 0.474 bits per heavy atom. The number of rotatable bonds is 2. The van der Waals surface area contributed by atoms with Crippen LogP contribution in [-0.4, -0.2) is 48.1 Å². The van der Waals surface area contributed by atoms with Gasteiger partial charge in [-0.05, 0) is 149 Å². The standard InChI is InChI=1S/C36H58N2/c1-21-13-17-31-29(19-21)33-25(23-9-5-7-11-27(23)35(33)37(31)3)15-16-26-24-10-6-8-12-28(24)36-34(26)30-20-22(2)14-18-32(30)38(36)4/h15-16,21-36H,5-14,17-20H2,1-4H3/b16-15+. The molecule has 2 nitrogen and oxygen atoms in total. The minimum Gasteiger partial charge on any atom is -0.300 e. The Morgan fingerprint density at radius 3 is 1.29 bits per heavy atom. The molecule has 16 atom stereocenters. The molecule has 2 heteroatoms. The third-order valence-electron chi connectivity index (χ3n) is 15.1. The van der Waals surface area contributed by atoms with Gasteiger partial charge in [0, 0.05) is 24.2 Å². The second kappa shape index (κ2) is 9.61. The number of hydrogen-bond donors (Lipinski definition) is 0. The lowest BCUT2D eigenvalue weighted by Crippen LogP contribution is -2.41. The van der Waals surface area contributed by atoms with E-state index in [-0.39, 0.29) is 0 Å². The van der Waals surface area contributed by atoms with Crippen LogP contribution < -0.4 is 0 Å². The summed E-state index contributed by atoms with van der Waals surface area (Å²) in [6.45, 7) is 5.13. The van der Waals surface area contributed by atoms with Crippen molar-refractivity contribution in [3.63, 3.8) is 0 Å². The summed E-state index contributed by atoms with van der Waals surface area (Å²) in [5, 5.41) is 0. The molecule has 0 bridgehead atoms. The summed E-state index contributed by atoms with van der Waals surface area (Å²) in [5.41, 5.74) is 0. The highest BCUT2D eigenvalue weighted by molar-refractivity contribution is 5.21. The lowest BCUT2D eigenvalue weighted by atomic mass is 9.68. The SMILES string of the molecule is CC1CCC2C(C1)C1C(/C=C/C3C4CCCCC4C4C3C3CC(C)CCC3N4C)C3CCCCC3C1N2C. The first-order valence-electron chi connectivity index (χ1n) is 17.6. The van der Waals surface area contributed by atoms with Crippen LogP contribution in [0.4, 0.5) is 0 Å². The molecule has 2 aliphatic heterocycles. The number of likely N-dealkylation sites (tertiary alicyclic amines) is 2. The van der Waals surface area contributed by atoms with Gasteiger partial charge in [0.15, 0.2) is 0 Å². The van der Waals surface area contributed by atoms with Crippen molar-refractivity contribution in [2.24, 2.45) is 71.0 Å². The van der Waals surface area contributed by atoms with E-state index in [9.17, 15) is 0 Å². The monoisotopic (exact) mass is 518 g/mol. The second-order valence-electron chi connectivity index (χ2n) is 16.5. The summed E-state index contributed by atoms with van der Waals surface area (Å²) in [6.07, 6.45) is 27.0. The molecule has 0 amide bonds. The lowest BCUT2D eigenvalue weighted by molar-refractivity contribution is 0.0989. The maximum Gasteiger partial charge on any atom is 0.0164 e. The summed E-state index contributed by atoms with van der Waals surface area (Å²) in [7, 11) is 5.12. The number of nitrogens with zero attached hydrogens (tertiary/aromatic N) is 2. The van der Waals surface area contributed by atoms with Gasteiger partial charge < -0.3 is 0 Å². The van der Waals surface area contributed by atoms with Gasteiger partial charge in [0.1, 0.15) is 0 Å². The van der Waals surface area contributed by atoms with Crippen LogP contribution >= 0.6 is 0 Å². The van der Waals surface area contributed by atoms with E-state index in [0.29, 0.717) is 0 Å². The summed E-state index contributed by atoms with van der Waals surface area (Å²) in [5.74, 6) is 11.5. The first-order chi connectivity index (χ1) is 18.5. The molecule has 38 heavy (non-hydrogen) atoms. The zero-order valence-electron chi connectivity index (χ0n) is 25.2. The zero-order valence-corrected chi connectivity index (χ0v) is 25.2. The second-order valence-corrected chi connectivity index (χ2v) is 16.5. The maximum absolute atomic E-state index is 2.97. The van der Waals surface area contributed by atoms with E-state index in [2.05, 4.69) is 49.9 Å². The number of allylic oxidation sites excluding steroid dienone is 2. The minimum absolute atomic E-state index is 0.884. The van der Waals surface area contributed by atoms with E-state index in [1.807, 2.05) is 0 Å². The summed E-state index contributed by atoms with van der Waals surface area (Å²) < 4.78 is 0. The van der Waals surface area contributed by atoms with Crippen molar-refractivity contribution in [2.75, 3.05) is 14.1 Å². The van der Waals surface area contributed by atoms with Crippen LogP contribution in [0.3, 0.4) is 0 Å². The van der Waals surface area contributed by atoms with Crippen molar-refractivity contribution >= 4 is 0 Å². The first kappa shape index (κ1) is 25.4. The molecular weight excluding hydrogens is 460 g/mol. The van der Waals surface area contributed by atoms with Crippen LogP contribution in [0.5, 0.6) is 0 Å². The number of hydrogen-bond acceptors (Lipinski definition) is 2. The van der Waals surface area contributed by atoms with Crippen LogP contribution in [0.15, 0.2) is 12.2 Å². The van der Waals surface area contributed by atoms with E-state index in [1.54, 1.807) is 0 Å². The third kappa shape index (κ3) is 3.63. The molecule has 0 radical (unpaired) electrons. The molecule has 2 saturated heterocycles. The predicted molar refractivity (Wildman–Crippen MR) is 158 cm³/mol. The minimum atomic E-state index is 0.884. The average Bonchev–Trinajstić information content (AvgIpc) is 3.60. The molecule has 0 aromatic rings. The molecule has 0 spiro atoms. The smallest absolute Gasteiger partial charge is 0.0164 e. The van der Waals surface area contributed by atoms with E-state index in [1.165, 1.54) is 89.9 Å². The third-order valence-corrected chi connectivity index (χ3v) is 15.1. The van der Waals surface area contributed by atoms with Crippen LogP contribution in [0, 0.1) is 71.0 Å². The molecule has 6 aliphatic carbocycles. The fraction of sp³-hybridized carbons (Fsp3) is 0.944. The fourth-order valence-corrected chi connectivity index (χ4v) is 13.9. The molecule has 0 aromatic heterocycles. The summed E-state index contributed by atoms with van der Waals surface area (Å²) >= 11 is 0. The van der Waals surface area contributed by atoms with Crippen molar-refractivity contribution in [3.8, 4) is 0 Å². The fourth-order valence-electron chi connectivity index (χ4n) is 13.9. The molecule has 2 heterocycles. The van der Waals surface area contributed by atoms with Crippen molar-refractivity contribution < 1.29 is 0 Å². The maximum atomic E-state index is 2.97. The van der Waals surface area contributed by atoms with Crippen LogP contribution in [-0.2, 0) is 0 Å². The van der Waals surface area contributed by atoms with Gasteiger partial charge in [-0.3, -0.25) is 9.80 Å². The van der Waals surface area contributed by atoms with Gasteiger partial charge in [-0.2, -0.15) is 0 Å². The van der Waals surface area contributed by atoms with E-state index < -0.39 is 0 Å². The molecule has 0 N–H and O–H groups in total. The first-order valence-corrected chi connectivity index (χ1v) is 17.6. The van der Waals surface area contributed by atoms with Gasteiger partial charge in [-0.15, -0.1) is 0 Å². The average molecular weight is 519 g/mol. The van der Waals surface area contributed by atoms with Crippen LogP contribution in [0.25, 0.3) is 0 Å². The molecule has 16 unspecified atom stereocenters. The Bertz CT molecular complexity index is 839. The molecule has 8 aliphatic rings. The predicted octanol–water partition coefficient (Wildman–Crippen LogP) is 7.89. The number of fused-ring (bicyclic) bond motifs is 10. The molecule has 8 rings (SSSR count). The van der Waals surface area contributed by atoms with Gasteiger partial charge >= 0.3 is 0 Å². The van der Waals surface area contributed by atoms with Gasteiger partial charge in [0.2, 0.25) is 0 Å². The largest absolute Gasteiger partial charge is 0.300 e. The normalized spacial score (nSPS) is 58.3. The lowest BCUT2D eigenvalue weighted by Gasteiger charge is -2.40. The van der Waals surface area contributed by atoms with Crippen molar-refractivity contribution in [1.82, 2.24) is 9.80 Å². The van der Waals surface area contributed by atoms with Crippen LogP contribution in [0.2, 0.25) is 0 Å². The Kier molecular flexibility index (Phi) is 6.42. The van der Waals surface area contributed by atoms with Gasteiger partial charge in [0.25, 0.3) is 0 Å².